The smallest absolute Gasteiger partial charge is 0.244 e. The number of nitrogens with zero attached hydrogens (tertiary/aromatic N) is 1. The summed E-state index contributed by atoms with van der Waals surface area (Å²) in [6, 6.07) is 14.8. The fourth-order valence-corrected chi connectivity index (χ4v) is 3.47. The Morgan fingerprint density at radius 1 is 1.14 bits per heavy atom. The second-order valence-electron chi connectivity index (χ2n) is 7.02. The van der Waals surface area contributed by atoms with Gasteiger partial charge < -0.3 is 15.5 Å². The Labute approximate surface area is 164 Å². The van der Waals surface area contributed by atoms with Crippen molar-refractivity contribution in [3.8, 4) is 0 Å². The Bertz CT molecular complexity index is 894. The van der Waals surface area contributed by atoms with Crippen LogP contribution in [0, 0.1) is 6.92 Å². The van der Waals surface area contributed by atoms with Crippen molar-refractivity contribution in [2.45, 2.75) is 32.6 Å². The quantitative estimate of drug-likeness (QED) is 0.808. The molecule has 0 saturated heterocycles. The van der Waals surface area contributed by atoms with Crippen molar-refractivity contribution in [2.75, 3.05) is 23.7 Å². The molecule has 6 heteroatoms. The number of nitrogens with one attached hydrogen (secondary N) is 2. The van der Waals surface area contributed by atoms with Crippen LogP contribution in [-0.4, -0.2) is 35.7 Å². The molecule has 0 radical (unpaired) electrons. The second-order valence-corrected chi connectivity index (χ2v) is 7.02. The number of carbonyl (C=O) groups excluding carboxylic acids is 3. The van der Waals surface area contributed by atoms with Gasteiger partial charge in [0.05, 0.1) is 12.5 Å². The molecule has 2 aromatic rings. The SMILES string of the molecule is CCCN(CC(=O)Nc1ccccc1C)C(=O)C1CC(=O)Nc2ccccc21. The molecular weight excluding hydrogens is 354 g/mol. The molecule has 146 valence electrons. The first-order valence-corrected chi connectivity index (χ1v) is 9.52. The molecule has 0 saturated carbocycles. The maximum Gasteiger partial charge on any atom is 0.244 e. The van der Waals surface area contributed by atoms with Crippen LogP contribution in [0.3, 0.4) is 0 Å². The molecule has 0 spiro atoms. The molecule has 2 N–H and O–H groups in total. The van der Waals surface area contributed by atoms with E-state index in [9.17, 15) is 14.4 Å². The minimum atomic E-state index is -0.567. The number of carbonyl (C=O) groups is 3. The number of anilines is 2. The monoisotopic (exact) mass is 379 g/mol. The Morgan fingerprint density at radius 2 is 1.86 bits per heavy atom. The Balaban J connectivity index is 1.76. The van der Waals surface area contributed by atoms with Gasteiger partial charge in [-0.2, -0.15) is 0 Å². The van der Waals surface area contributed by atoms with Gasteiger partial charge in [-0.15, -0.1) is 0 Å². The second kappa shape index (κ2) is 8.69. The highest BCUT2D eigenvalue weighted by Crippen LogP contribution is 2.33. The number of para-hydroxylation sites is 2. The van der Waals surface area contributed by atoms with Crippen LogP contribution in [0.4, 0.5) is 11.4 Å². The topological polar surface area (TPSA) is 78.5 Å². The average molecular weight is 379 g/mol. The van der Waals surface area contributed by atoms with E-state index in [2.05, 4.69) is 10.6 Å². The van der Waals surface area contributed by atoms with Crippen molar-refractivity contribution in [3.63, 3.8) is 0 Å². The van der Waals surface area contributed by atoms with Gasteiger partial charge in [0.25, 0.3) is 0 Å². The molecule has 3 rings (SSSR count). The predicted molar refractivity (Wildman–Crippen MR) is 109 cm³/mol. The van der Waals surface area contributed by atoms with E-state index in [4.69, 9.17) is 0 Å². The Morgan fingerprint density at radius 3 is 2.61 bits per heavy atom. The molecule has 0 aromatic heterocycles. The summed E-state index contributed by atoms with van der Waals surface area (Å²) < 4.78 is 0. The van der Waals surface area contributed by atoms with Crippen molar-refractivity contribution >= 4 is 29.1 Å². The summed E-state index contributed by atoms with van der Waals surface area (Å²) in [5.41, 5.74) is 3.16. The van der Waals surface area contributed by atoms with Gasteiger partial charge in [-0.25, -0.2) is 0 Å². The summed E-state index contributed by atoms with van der Waals surface area (Å²) in [4.78, 5) is 39.4. The first-order valence-electron chi connectivity index (χ1n) is 9.52. The molecular formula is C22H25N3O3. The number of benzene rings is 2. The summed E-state index contributed by atoms with van der Waals surface area (Å²) >= 11 is 0. The molecule has 1 aliphatic heterocycles. The van der Waals surface area contributed by atoms with Crippen LogP contribution in [0.1, 0.15) is 36.8 Å². The largest absolute Gasteiger partial charge is 0.333 e. The molecule has 1 atom stereocenters. The summed E-state index contributed by atoms with van der Waals surface area (Å²) in [6.45, 7) is 4.30. The summed E-state index contributed by atoms with van der Waals surface area (Å²) in [6.07, 6.45) is 0.819. The fourth-order valence-electron chi connectivity index (χ4n) is 3.47. The number of rotatable bonds is 6. The van der Waals surface area contributed by atoms with E-state index in [1.54, 1.807) is 11.0 Å². The van der Waals surface area contributed by atoms with Crippen LogP contribution in [-0.2, 0) is 14.4 Å². The van der Waals surface area contributed by atoms with Crippen molar-refractivity contribution in [1.29, 1.82) is 0 Å². The van der Waals surface area contributed by atoms with Crippen LogP contribution < -0.4 is 10.6 Å². The number of hydrogen-bond acceptors (Lipinski definition) is 3. The molecule has 0 aliphatic carbocycles. The van der Waals surface area contributed by atoms with E-state index >= 15 is 0 Å². The zero-order valence-corrected chi connectivity index (χ0v) is 16.2. The van der Waals surface area contributed by atoms with Crippen LogP contribution in [0.15, 0.2) is 48.5 Å². The van der Waals surface area contributed by atoms with Crippen LogP contribution in [0.25, 0.3) is 0 Å². The van der Waals surface area contributed by atoms with Crippen molar-refractivity contribution < 1.29 is 14.4 Å². The van der Waals surface area contributed by atoms with Crippen LogP contribution in [0.5, 0.6) is 0 Å². The highest BCUT2D eigenvalue weighted by atomic mass is 16.2. The van der Waals surface area contributed by atoms with Crippen molar-refractivity contribution in [1.82, 2.24) is 4.90 Å². The molecule has 3 amide bonds. The maximum atomic E-state index is 13.2. The standard InChI is InChI=1S/C22H25N3O3/c1-3-12-25(14-21(27)23-18-10-6-4-8-15(18)2)22(28)17-13-20(26)24-19-11-7-5-9-16(17)19/h4-11,17H,3,12-14H2,1-2H3,(H,23,27)(H,24,26). The minimum absolute atomic E-state index is 0.0404. The molecule has 2 aromatic carbocycles. The van der Waals surface area contributed by atoms with Crippen LogP contribution >= 0.6 is 0 Å². The third-order valence-corrected chi connectivity index (χ3v) is 4.86. The number of amides is 3. The zero-order valence-electron chi connectivity index (χ0n) is 16.2. The van der Waals surface area contributed by atoms with Gasteiger partial charge in [-0.05, 0) is 36.6 Å². The van der Waals surface area contributed by atoms with Gasteiger partial charge in [0.15, 0.2) is 0 Å². The molecule has 1 heterocycles. The predicted octanol–water partition coefficient (Wildman–Crippen LogP) is 3.30. The average Bonchev–Trinajstić information content (AvgIpc) is 2.68. The molecule has 1 unspecified atom stereocenters. The third-order valence-electron chi connectivity index (χ3n) is 4.86. The summed E-state index contributed by atoms with van der Waals surface area (Å²) in [7, 11) is 0. The first-order chi connectivity index (χ1) is 13.5. The Kier molecular flexibility index (Phi) is 6.09. The van der Waals surface area contributed by atoms with Gasteiger partial charge in [-0.3, -0.25) is 14.4 Å². The number of aryl methyl sites for hydroxylation is 1. The van der Waals surface area contributed by atoms with Gasteiger partial charge in [0.2, 0.25) is 17.7 Å². The van der Waals surface area contributed by atoms with Crippen molar-refractivity contribution in [3.05, 3.63) is 59.7 Å². The minimum Gasteiger partial charge on any atom is -0.333 e. The fraction of sp³-hybridized carbons (Fsp3) is 0.318. The first kappa shape index (κ1) is 19.6. The molecule has 6 nitrogen and oxygen atoms in total. The van der Waals surface area contributed by atoms with Gasteiger partial charge in [0, 0.05) is 24.3 Å². The lowest BCUT2D eigenvalue weighted by Gasteiger charge is -2.30. The summed E-state index contributed by atoms with van der Waals surface area (Å²) in [5, 5.41) is 5.68. The van der Waals surface area contributed by atoms with E-state index in [1.165, 1.54) is 0 Å². The lowest BCUT2D eigenvalue weighted by atomic mass is 9.89. The molecule has 0 fully saturated rings. The molecule has 1 aliphatic rings. The van der Waals surface area contributed by atoms with Gasteiger partial charge in [-0.1, -0.05) is 43.3 Å². The highest BCUT2D eigenvalue weighted by molar-refractivity contribution is 6.02. The number of fused-ring (bicyclic) bond motifs is 1. The van der Waals surface area contributed by atoms with E-state index < -0.39 is 5.92 Å². The van der Waals surface area contributed by atoms with Gasteiger partial charge in [0.1, 0.15) is 0 Å². The third kappa shape index (κ3) is 4.39. The lowest BCUT2D eigenvalue weighted by molar-refractivity contribution is -0.137. The van der Waals surface area contributed by atoms with E-state index in [0.717, 1.165) is 23.2 Å². The zero-order chi connectivity index (χ0) is 20.1. The lowest BCUT2D eigenvalue weighted by Crippen LogP contribution is -2.43. The normalized spacial score (nSPS) is 15.4. The Hall–Kier alpha value is -3.15. The highest BCUT2D eigenvalue weighted by Gasteiger charge is 2.33. The van der Waals surface area contributed by atoms with Crippen LogP contribution in [0.2, 0.25) is 0 Å². The number of hydrogen-bond donors (Lipinski definition) is 2. The van der Waals surface area contributed by atoms with E-state index in [0.29, 0.717) is 12.2 Å². The summed E-state index contributed by atoms with van der Waals surface area (Å²) in [5.74, 6) is -1.19. The maximum absolute atomic E-state index is 13.2. The van der Waals surface area contributed by atoms with Crippen molar-refractivity contribution in [2.24, 2.45) is 0 Å². The van der Waals surface area contributed by atoms with Gasteiger partial charge >= 0.3 is 0 Å². The molecule has 0 bridgehead atoms. The molecule has 28 heavy (non-hydrogen) atoms. The van der Waals surface area contributed by atoms with E-state index in [1.807, 2.05) is 56.3 Å². The van der Waals surface area contributed by atoms with E-state index in [-0.39, 0.29) is 30.7 Å².